The van der Waals surface area contributed by atoms with Crippen LogP contribution in [0.5, 0.6) is 0 Å². The summed E-state index contributed by atoms with van der Waals surface area (Å²) in [7, 11) is 1.19. The maximum Gasteiger partial charge on any atom is 0.471 e. The van der Waals surface area contributed by atoms with Crippen LogP contribution in [0.4, 0.5) is 13.2 Å². The lowest BCUT2D eigenvalue weighted by atomic mass is 9.97. The molecule has 1 N–H and O–H groups in total. The number of carbonyl (C=O) groups is 2. The van der Waals surface area contributed by atoms with E-state index in [0.717, 1.165) is 0 Å². The molecule has 0 rings (SSSR count). The first kappa shape index (κ1) is 16.5. The molecule has 0 aliphatic heterocycles. The summed E-state index contributed by atoms with van der Waals surface area (Å²) in [6.07, 6.45) is -3.12. The Balaban J connectivity index is 4.43. The number of halogens is 3. The first-order chi connectivity index (χ1) is 8.22. The van der Waals surface area contributed by atoms with Crippen LogP contribution in [-0.4, -0.2) is 31.2 Å². The second-order valence-corrected chi connectivity index (χ2v) is 3.85. The molecule has 0 spiro atoms. The van der Waals surface area contributed by atoms with E-state index in [2.05, 4.69) is 11.3 Å². The van der Waals surface area contributed by atoms with Crippen LogP contribution in [0.15, 0.2) is 12.7 Å². The molecule has 18 heavy (non-hydrogen) atoms. The van der Waals surface area contributed by atoms with E-state index in [1.54, 1.807) is 5.32 Å². The Hall–Kier alpha value is -1.53. The molecular weight excluding hydrogens is 251 g/mol. The van der Waals surface area contributed by atoms with Crippen molar-refractivity contribution in [2.24, 2.45) is 5.92 Å². The predicted octanol–water partition coefficient (Wildman–Crippen LogP) is 1.81. The Morgan fingerprint density at radius 3 is 2.39 bits per heavy atom. The Bertz CT molecular complexity index is 315. The normalized spacial score (nSPS) is 14.5. The molecule has 0 heterocycles. The summed E-state index contributed by atoms with van der Waals surface area (Å²) < 4.78 is 40.5. The van der Waals surface area contributed by atoms with E-state index in [4.69, 9.17) is 0 Å². The number of ether oxygens (including phenoxy) is 1. The molecule has 0 unspecified atom stereocenters. The Kier molecular flexibility index (Phi) is 6.43. The number of alkyl halides is 3. The van der Waals surface area contributed by atoms with E-state index >= 15 is 0 Å². The number of carbonyl (C=O) groups excluding carboxylic acids is 2. The first-order valence-corrected chi connectivity index (χ1v) is 5.28. The van der Waals surface area contributed by atoms with Crippen LogP contribution in [0.2, 0.25) is 0 Å². The predicted molar refractivity (Wildman–Crippen MR) is 58.6 cm³/mol. The summed E-state index contributed by atoms with van der Waals surface area (Å²) in [4.78, 5) is 22.0. The topological polar surface area (TPSA) is 55.4 Å². The second kappa shape index (κ2) is 7.03. The highest BCUT2D eigenvalue weighted by Crippen LogP contribution is 2.17. The molecule has 7 heteroatoms. The third kappa shape index (κ3) is 5.70. The fraction of sp³-hybridized carbons (Fsp3) is 0.636. The zero-order valence-electron chi connectivity index (χ0n) is 10.2. The van der Waals surface area contributed by atoms with E-state index in [0.29, 0.717) is 0 Å². The lowest BCUT2D eigenvalue weighted by Crippen LogP contribution is -2.43. The standard InChI is InChI=1S/C11H16F3NO3/c1-4-5-8(9(16)18-3)6-7(2)15-10(17)11(12,13)14/h4,7-8H,1,5-6H2,2-3H3,(H,15,17)/t7-,8-/m0/s1. The first-order valence-electron chi connectivity index (χ1n) is 5.28. The van der Waals surface area contributed by atoms with Gasteiger partial charge in [-0.05, 0) is 19.8 Å². The number of hydrogen-bond acceptors (Lipinski definition) is 3. The van der Waals surface area contributed by atoms with Crippen LogP contribution in [0.1, 0.15) is 19.8 Å². The maximum atomic E-state index is 12.0. The van der Waals surface area contributed by atoms with Crippen molar-refractivity contribution in [3.8, 4) is 0 Å². The minimum absolute atomic E-state index is 0.0561. The summed E-state index contributed by atoms with van der Waals surface area (Å²) in [5.74, 6) is -3.17. The van der Waals surface area contributed by atoms with Crippen molar-refractivity contribution in [2.75, 3.05) is 7.11 Å². The fourth-order valence-electron chi connectivity index (χ4n) is 1.45. The smallest absolute Gasteiger partial charge is 0.469 e. The molecule has 104 valence electrons. The molecule has 0 aliphatic rings. The minimum atomic E-state index is -4.92. The maximum absolute atomic E-state index is 12.0. The summed E-state index contributed by atoms with van der Waals surface area (Å²) in [6.45, 7) is 4.84. The molecule has 0 saturated heterocycles. The van der Waals surface area contributed by atoms with Crippen molar-refractivity contribution in [3.63, 3.8) is 0 Å². The van der Waals surface area contributed by atoms with Gasteiger partial charge in [-0.3, -0.25) is 9.59 Å². The van der Waals surface area contributed by atoms with Crippen LogP contribution in [0.25, 0.3) is 0 Å². The number of rotatable bonds is 6. The Labute approximate surface area is 103 Å². The lowest BCUT2D eigenvalue weighted by molar-refractivity contribution is -0.174. The van der Waals surface area contributed by atoms with Gasteiger partial charge in [-0.25, -0.2) is 0 Å². The van der Waals surface area contributed by atoms with Gasteiger partial charge >= 0.3 is 18.1 Å². The molecule has 0 aliphatic carbocycles. The summed E-state index contributed by atoms with van der Waals surface area (Å²) >= 11 is 0. The molecule has 1 amide bonds. The van der Waals surface area contributed by atoms with Crippen molar-refractivity contribution in [1.29, 1.82) is 0 Å². The van der Waals surface area contributed by atoms with Crippen molar-refractivity contribution in [1.82, 2.24) is 5.32 Å². The van der Waals surface area contributed by atoms with Crippen molar-refractivity contribution < 1.29 is 27.5 Å². The molecule has 2 atom stereocenters. The quantitative estimate of drug-likeness (QED) is 0.590. The highest BCUT2D eigenvalue weighted by atomic mass is 19.4. The highest BCUT2D eigenvalue weighted by Gasteiger charge is 2.39. The zero-order chi connectivity index (χ0) is 14.3. The number of allylic oxidation sites excluding steroid dienone is 1. The number of amides is 1. The van der Waals surface area contributed by atoms with Crippen molar-refractivity contribution in [3.05, 3.63) is 12.7 Å². The number of esters is 1. The molecule has 0 aromatic carbocycles. The van der Waals surface area contributed by atoms with E-state index in [1.165, 1.54) is 20.1 Å². The van der Waals surface area contributed by atoms with Crippen molar-refractivity contribution >= 4 is 11.9 Å². The van der Waals surface area contributed by atoms with Gasteiger partial charge in [0.05, 0.1) is 13.0 Å². The SMILES string of the molecule is C=CC[C@@H](C[C@H](C)NC(=O)C(F)(F)F)C(=O)OC. The van der Waals surface area contributed by atoms with Gasteiger partial charge in [0.15, 0.2) is 0 Å². The van der Waals surface area contributed by atoms with Gasteiger partial charge in [-0.2, -0.15) is 13.2 Å². The van der Waals surface area contributed by atoms with Crippen LogP contribution in [-0.2, 0) is 14.3 Å². The Morgan fingerprint density at radius 2 is 2.00 bits per heavy atom. The molecule has 4 nitrogen and oxygen atoms in total. The molecule has 0 saturated carbocycles. The van der Waals surface area contributed by atoms with Gasteiger partial charge in [-0.15, -0.1) is 6.58 Å². The molecule has 0 aromatic rings. The van der Waals surface area contributed by atoms with Gasteiger partial charge in [-0.1, -0.05) is 6.08 Å². The number of nitrogens with one attached hydrogen (secondary N) is 1. The molecular formula is C11H16F3NO3. The van der Waals surface area contributed by atoms with Gasteiger partial charge in [0, 0.05) is 6.04 Å². The van der Waals surface area contributed by atoms with Gasteiger partial charge in [0.2, 0.25) is 0 Å². The molecule has 0 radical (unpaired) electrons. The zero-order valence-corrected chi connectivity index (χ0v) is 10.2. The molecule has 0 fully saturated rings. The van der Waals surface area contributed by atoms with Gasteiger partial charge < -0.3 is 10.1 Å². The third-order valence-corrected chi connectivity index (χ3v) is 2.26. The number of hydrogen-bond donors (Lipinski definition) is 1. The molecule has 0 aromatic heterocycles. The van der Waals surface area contributed by atoms with E-state index in [9.17, 15) is 22.8 Å². The second-order valence-electron chi connectivity index (χ2n) is 3.85. The lowest BCUT2D eigenvalue weighted by Gasteiger charge is -2.19. The van der Waals surface area contributed by atoms with E-state index < -0.39 is 30.0 Å². The minimum Gasteiger partial charge on any atom is -0.469 e. The fourth-order valence-corrected chi connectivity index (χ4v) is 1.45. The Morgan fingerprint density at radius 1 is 1.44 bits per heavy atom. The summed E-state index contributed by atoms with van der Waals surface area (Å²) in [5.41, 5.74) is 0. The van der Waals surface area contributed by atoms with Crippen LogP contribution in [0.3, 0.4) is 0 Å². The van der Waals surface area contributed by atoms with Crippen LogP contribution < -0.4 is 5.32 Å². The monoisotopic (exact) mass is 267 g/mol. The third-order valence-electron chi connectivity index (χ3n) is 2.26. The van der Waals surface area contributed by atoms with Crippen LogP contribution in [0, 0.1) is 5.92 Å². The van der Waals surface area contributed by atoms with Gasteiger partial charge in [0.25, 0.3) is 0 Å². The average molecular weight is 267 g/mol. The van der Waals surface area contributed by atoms with Crippen molar-refractivity contribution in [2.45, 2.75) is 32.0 Å². The van der Waals surface area contributed by atoms with Crippen LogP contribution >= 0.6 is 0 Å². The molecule has 0 bridgehead atoms. The highest BCUT2D eigenvalue weighted by molar-refractivity contribution is 5.82. The van der Waals surface area contributed by atoms with E-state index in [1.807, 2.05) is 0 Å². The summed E-state index contributed by atoms with van der Waals surface area (Å²) in [6, 6.07) is -0.789. The van der Waals surface area contributed by atoms with E-state index in [-0.39, 0.29) is 12.8 Å². The summed E-state index contributed by atoms with van der Waals surface area (Å²) in [5, 5.41) is 1.78. The average Bonchev–Trinajstić information content (AvgIpc) is 2.26. The number of methoxy groups -OCH3 is 1. The van der Waals surface area contributed by atoms with Gasteiger partial charge in [0.1, 0.15) is 0 Å². The largest absolute Gasteiger partial charge is 0.471 e.